The molecule has 0 fully saturated rings. The Labute approximate surface area is 154 Å². The number of pyridine rings is 1. The number of fused-ring (bicyclic) bond motifs is 1. The third-order valence-electron chi connectivity index (χ3n) is 4.47. The second-order valence-electron chi connectivity index (χ2n) is 6.40. The average molecular weight is 396 g/mol. The van der Waals surface area contributed by atoms with Gasteiger partial charge in [0, 0.05) is 23.3 Å². The predicted octanol–water partition coefficient (Wildman–Crippen LogP) is 4.48. The van der Waals surface area contributed by atoms with Crippen LogP contribution in [0.4, 0.5) is 0 Å². The molecule has 0 amide bonds. The Morgan fingerprint density at radius 1 is 0.960 bits per heavy atom. The van der Waals surface area contributed by atoms with Gasteiger partial charge in [0.15, 0.2) is 11.6 Å². The molecule has 0 atom stereocenters. The quantitative estimate of drug-likeness (QED) is 0.502. The summed E-state index contributed by atoms with van der Waals surface area (Å²) < 4.78 is 5.05. The molecule has 0 radical (unpaired) electrons. The maximum absolute atomic E-state index is 4.48. The van der Waals surface area contributed by atoms with E-state index in [1.54, 1.807) is 0 Å². The van der Waals surface area contributed by atoms with E-state index >= 15 is 0 Å². The van der Waals surface area contributed by atoms with Crippen molar-refractivity contribution < 1.29 is 0 Å². The standard InChI is InChI=1S/C19H18BrN5/c1-11-7-12(2)17(13(3)8-11)19-23-22-18(24(19)4)15-9-21-16-6-5-14(20)10-25(15)16/h5-10H,1-4H3. The Morgan fingerprint density at radius 3 is 2.36 bits per heavy atom. The molecular weight excluding hydrogens is 378 g/mol. The van der Waals surface area contributed by atoms with Gasteiger partial charge in [-0.25, -0.2) is 4.98 Å². The molecule has 5 nitrogen and oxygen atoms in total. The van der Waals surface area contributed by atoms with Crippen molar-refractivity contribution >= 4 is 21.6 Å². The van der Waals surface area contributed by atoms with Gasteiger partial charge in [-0.3, -0.25) is 4.40 Å². The van der Waals surface area contributed by atoms with E-state index in [1.807, 2.05) is 40.5 Å². The normalized spacial score (nSPS) is 11.4. The molecule has 0 saturated carbocycles. The zero-order chi connectivity index (χ0) is 17.7. The van der Waals surface area contributed by atoms with E-state index in [-0.39, 0.29) is 0 Å². The fourth-order valence-electron chi connectivity index (χ4n) is 3.42. The van der Waals surface area contributed by atoms with Crippen molar-refractivity contribution in [3.63, 3.8) is 0 Å². The minimum Gasteiger partial charge on any atom is -0.309 e. The Morgan fingerprint density at radius 2 is 1.64 bits per heavy atom. The molecule has 0 aliphatic rings. The fourth-order valence-corrected chi connectivity index (χ4v) is 3.76. The number of aryl methyl sites for hydroxylation is 3. The van der Waals surface area contributed by atoms with Crippen molar-refractivity contribution in [2.75, 3.05) is 0 Å². The first-order valence-electron chi connectivity index (χ1n) is 8.06. The number of benzene rings is 1. The first-order valence-corrected chi connectivity index (χ1v) is 8.85. The second-order valence-corrected chi connectivity index (χ2v) is 7.31. The highest BCUT2D eigenvalue weighted by Gasteiger charge is 2.18. The van der Waals surface area contributed by atoms with Crippen molar-refractivity contribution in [3.05, 3.63) is 57.8 Å². The lowest BCUT2D eigenvalue weighted by atomic mass is 9.99. The highest BCUT2D eigenvalue weighted by molar-refractivity contribution is 9.10. The van der Waals surface area contributed by atoms with Crippen molar-refractivity contribution in [3.8, 4) is 22.9 Å². The number of halogens is 1. The summed E-state index contributed by atoms with van der Waals surface area (Å²) >= 11 is 3.52. The van der Waals surface area contributed by atoms with E-state index in [0.717, 1.165) is 33.0 Å². The largest absolute Gasteiger partial charge is 0.309 e. The first kappa shape index (κ1) is 16.0. The van der Waals surface area contributed by atoms with Gasteiger partial charge in [0.25, 0.3) is 0 Å². The van der Waals surface area contributed by atoms with Crippen LogP contribution in [0, 0.1) is 20.8 Å². The summed E-state index contributed by atoms with van der Waals surface area (Å²) in [5.74, 6) is 1.66. The van der Waals surface area contributed by atoms with Gasteiger partial charge in [-0.1, -0.05) is 17.7 Å². The third-order valence-corrected chi connectivity index (χ3v) is 4.94. The molecule has 1 aromatic carbocycles. The van der Waals surface area contributed by atoms with E-state index in [9.17, 15) is 0 Å². The van der Waals surface area contributed by atoms with E-state index in [0.29, 0.717) is 0 Å². The molecule has 126 valence electrons. The van der Waals surface area contributed by atoms with Crippen LogP contribution >= 0.6 is 15.9 Å². The Balaban J connectivity index is 1.91. The van der Waals surface area contributed by atoms with Gasteiger partial charge in [-0.05, 0) is 60.0 Å². The third kappa shape index (κ3) is 2.57. The smallest absolute Gasteiger partial charge is 0.182 e. The molecule has 0 aliphatic heterocycles. The zero-order valence-corrected chi connectivity index (χ0v) is 16.2. The van der Waals surface area contributed by atoms with Crippen LogP contribution in [0.25, 0.3) is 28.6 Å². The zero-order valence-electron chi connectivity index (χ0n) is 14.6. The minimum atomic E-state index is 0.792. The van der Waals surface area contributed by atoms with E-state index in [2.05, 4.69) is 64.0 Å². The first-order chi connectivity index (χ1) is 12.0. The Bertz CT molecular complexity index is 1080. The van der Waals surface area contributed by atoms with Crippen molar-refractivity contribution in [2.24, 2.45) is 7.05 Å². The van der Waals surface area contributed by atoms with Gasteiger partial charge >= 0.3 is 0 Å². The van der Waals surface area contributed by atoms with Crippen LogP contribution in [-0.2, 0) is 7.05 Å². The lowest BCUT2D eigenvalue weighted by Gasteiger charge is -2.11. The molecule has 3 aromatic heterocycles. The highest BCUT2D eigenvalue weighted by Crippen LogP contribution is 2.30. The minimum absolute atomic E-state index is 0.792. The van der Waals surface area contributed by atoms with Crippen LogP contribution in [0.1, 0.15) is 16.7 Å². The molecule has 4 aromatic rings. The van der Waals surface area contributed by atoms with E-state index < -0.39 is 0 Å². The number of imidazole rings is 1. The SMILES string of the molecule is Cc1cc(C)c(-c2nnc(-c3cnc4ccc(Br)cn34)n2C)c(C)c1. The molecule has 0 unspecified atom stereocenters. The van der Waals surface area contributed by atoms with Crippen LogP contribution in [-0.4, -0.2) is 24.1 Å². The van der Waals surface area contributed by atoms with Gasteiger partial charge in [-0.2, -0.15) is 0 Å². The lowest BCUT2D eigenvalue weighted by molar-refractivity contribution is 0.917. The lowest BCUT2D eigenvalue weighted by Crippen LogP contribution is -2.00. The van der Waals surface area contributed by atoms with Gasteiger partial charge in [0.2, 0.25) is 0 Å². The van der Waals surface area contributed by atoms with Gasteiger partial charge < -0.3 is 4.57 Å². The molecule has 0 N–H and O–H groups in total. The predicted molar refractivity (Wildman–Crippen MR) is 103 cm³/mol. The van der Waals surface area contributed by atoms with Crippen LogP contribution in [0.3, 0.4) is 0 Å². The number of rotatable bonds is 2. The number of hydrogen-bond donors (Lipinski definition) is 0. The highest BCUT2D eigenvalue weighted by atomic mass is 79.9. The van der Waals surface area contributed by atoms with Crippen molar-refractivity contribution in [1.82, 2.24) is 24.1 Å². The van der Waals surface area contributed by atoms with Gasteiger partial charge in [0.05, 0.1) is 6.20 Å². The van der Waals surface area contributed by atoms with Crippen LogP contribution in [0.15, 0.2) is 41.1 Å². The monoisotopic (exact) mass is 395 g/mol. The number of hydrogen-bond acceptors (Lipinski definition) is 3. The summed E-state index contributed by atoms with van der Waals surface area (Å²) in [6.45, 7) is 6.35. The number of nitrogens with zero attached hydrogens (tertiary/aromatic N) is 5. The summed E-state index contributed by atoms with van der Waals surface area (Å²) in [6.07, 6.45) is 3.83. The summed E-state index contributed by atoms with van der Waals surface area (Å²) in [4.78, 5) is 4.47. The summed E-state index contributed by atoms with van der Waals surface area (Å²) in [7, 11) is 2.00. The average Bonchev–Trinajstić information content (AvgIpc) is 3.10. The van der Waals surface area contributed by atoms with Crippen molar-refractivity contribution in [2.45, 2.75) is 20.8 Å². The molecule has 3 heterocycles. The molecule has 0 bridgehead atoms. The van der Waals surface area contributed by atoms with Crippen LogP contribution < -0.4 is 0 Å². The topological polar surface area (TPSA) is 48.0 Å². The Kier molecular flexibility index (Phi) is 3.72. The van der Waals surface area contributed by atoms with E-state index in [4.69, 9.17) is 0 Å². The molecule has 6 heteroatoms. The van der Waals surface area contributed by atoms with Crippen molar-refractivity contribution in [1.29, 1.82) is 0 Å². The van der Waals surface area contributed by atoms with Gasteiger partial charge in [0.1, 0.15) is 11.3 Å². The molecule has 25 heavy (non-hydrogen) atoms. The second kappa shape index (κ2) is 5.81. The fraction of sp³-hybridized carbons (Fsp3) is 0.211. The van der Waals surface area contributed by atoms with E-state index in [1.165, 1.54) is 16.7 Å². The van der Waals surface area contributed by atoms with Gasteiger partial charge in [-0.15, -0.1) is 10.2 Å². The molecule has 0 aliphatic carbocycles. The summed E-state index contributed by atoms with van der Waals surface area (Å²) in [5, 5.41) is 8.94. The maximum atomic E-state index is 4.48. The molecule has 4 rings (SSSR count). The van der Waals surface area contributed by atoms with Crippen LogP contribution in [0.5, 0.6) is 0 Å². The van der Waals surface area contributed by atoms with Crippen LogP contribution in [0.2, 0.25) is 0 Å². The molecule has 0 spiro atoms. The number of aromatic nitrogens is 5. The summed E-state index contributed by atoms with van der Waals surface area (Å²) in [6, 6.07) is 8.32. The molecule has 0 saturated heterocycles. The molecular formula is C19H18BrN5. The summed E-state index contributed by atoms with van der Waals surface area (Å²) in [5.41, 5.74) is 6.61. The Hall–Kier alpha value is -2.47. The maximum Gasteiger partial charge on any atom is 0.182 e.